The Morgan fingerprint density at radius 3 is 2.88 bits per heavy atom. The number of amides is 1. The van der Waals surface area contributed by atoms with Gasteiger partial charge in [-0.05, 0) is 37.9 Å². The Morgan fingerprint density at radius 1 is 1.59 bits per heavy atom. The number of nitrogens with zero attached hydrogens (tertiary/aromatic N) is 1. The fraction of sp³-hybridized carbons (Fsp3) is 0.615. The minimum Gasteiger partial charge on any atom is -0.350 e. The molecule has 1 fully saturated rings. The Kier molecular flexibility index (Phi) is 3.52. The zero-order chi connectivity index (χ0) is 12.4. The lowest BCUT2D eigenvalue weighted by Crippen LogP contribution is -2.43. The van der Waals surface area contributed by atoms with Gasteiger partial charge in [-0.15, -0.1) is 0 Å². The Morgan fingerprint density at radius 2 is 2.35 bits per heavy atom. The molecule has 0 bridgehead atoms. The monoisotopic (exact) mass is 235 g/mol. The molecular weight excluding hydrogens is 214 g/mol. The third kappa shape index (κ3) is 2.52. The van der Waals surface area contributed by atoms with Crippen molar-refractivity contribution < 1.29 is 4.79 Å². The first-order valence-corrected chi connectivity index (χ1v) is 6.22. The highest BCUT2D eigenvalue weighted by Gasteiger charge is 2.28. The summed E-state index contributed by atoms with van der Waals surface area (Å²) >= 11 is 0. The molecule has 1 aliphatic heterocycles. The van der Waals surface area contributed by atoms with Gasteiger partial charge < -0.3 is 15.2 Å². The first-order valence-electron chi connectivity index (χ1n) is 6.22. The molecule has 0 aromatic carbocycles. The fourth-order valence-corrected chi connectivity index (χ4v) is 2.32. The van der Waals surface area contributed by atoms with Crippen molar-refractivity contribution in [1.82, 2.24) is 15.2 Å². The predicted molar refractivity (Wildman–Crippen MR) is 67.6 cm³/mol. The topological polar surface area (TPSA) is 46.1 Å². The maximum Gasteiger partial charge on any atom is 0.237 e. The van der Waals surface area contributed by atoms with Crippen LogP contribution in [0.2, 0.25) is 0 Å². The van der Waals surface area contributed by atoms with Gasteiger partial charge in [0.15, 0.2) is 0 Å². The van der Waals surface area contributed by atoms with E-state index in [0.29, 0.717) is 12.5 Å². The van der Waals surface area contributed by atoms with Crippen LogP contribution in [0.1, 0.15) is 24.7 Å². The zero-order valence-corrected chi connectivity index (χ0v) is 10.8. The highest BCUT2D eigenvalue weighted by atomic mass is 16.2. The third-order valence-corrected chi connectivity index (χ3v) is 3.74. The van der Waals surface area contributed by atoms with Crippen LogP contribution in [0.15, 0.2) is 12.1 Å². The first-order chi connectivity index (χ1) is 8.09. The summed E-state index contributed by atoms with van der Waals surface area (Å²) in [5, 5.41) is 6.25. The molecule has 2 unspecified atom stereocenters. The average Bonchev–Trinajstić information content (AvgIpc) is 2.85. The highest BCUT2D eigenvalue weighted by molar-refractivity contribution is 5.82. The molecule has 0 saturated carbocycles. The standard InChI is InChI=1S/C13H21N3O/c1-9-6-7-14-12(9)13(17)15-8-11-5-4-10(2)16(11)3/h4-5,9,12,14H,6-8H2,1-3H3,(H,15,17). The minimum atomic E-state index is -0.0173. The number of carbonyl (C=O) groups is 1. The third-order valence-electron chi connectivity index (χ3n) is 3.74. The van der Waals surface area contributed by atoms with Gasteiger partial charge in [0.2, 0.25) is 5.91 Å². The lowest BCUT2D eigenvalue weighted by atomic mass is 10.0. The molecule has 2 rings (SSSR count). The summed E-state index contributed by atoms with van der Waals surface area (Å²) in [5.41, 5.74) is 2.35. The molecular formula is C13H21N3O. The number of hydrogen-bond acceptors (Lipinski definition) is 2. The predicted octanol–water partition coefficient (Wildman–Crippen LogP) is 0.948. The molecule has 2 N–H and O–H groups in total. The van der Waals surface area contributed by atoms with Crippen LogP contribution in [0.5, 0.6) is 0 Å². The van der Waals surface area contributed by atoms with Crippen LogP contribution in [-0.2, 0) is 18.4 Å². The maximum atomic E-state index is 12.0. The van der Waals surface area contributed by atoms with Gasteiger partial charge in [-0.1, -0.05) is 6.92 Å². The van der Waals surface area contributed by atoms with Crippen LogP contribution in [0.3, 0.4) is 0 Å². The Bertz CT molecular complexity index is 411. The SMILES string of the molecule is Cc1ccc(CNC(=O)C2NCCC2C)n1C. The second kappa shape index (κ2) is 4.92. The average molecular weight is 235 g/mol. The summed E-state index contributed by atoms with van der Waals surface area (Å²) in [6.45, 7) is 5.74. The summed E-state index contributed by atoms with van der Waals surface area (Å²) in [5.74, 6) is 0.555. The molecule has 0 radical (unpaired) electrons. The van der Waals surface area contributed by atoms with Crippen LogP contribution in [0, 0.1) is 12.8 Å². The van der Waals surface area contributed by atoms with Crippen molar-refractivity contribution in [2.24, 2.45) is 13.0 Å². The molecule has 2 atom stereocenters. The maximum absolute atomic E-state index is 12.0. The second-order valence-corrected chi connectivity index (χ2v) is 4.94. The largest absolute Gasteiger partial charge is 0.350 e. The molecule has 0 spiro atoms. The molecule has 1 amide bonds. The Labute approximate surface area is 102 Å². The van der Waals surface area contributed by atoms with Crippen molar-refractivity contribution in [2.45, 2.75) is 32.9 Å². The lowest BCUT2D eigenvalue weighted by Gasteiger charge is -2.15. The molecule has 4 nitrogen and oxygen atoms in total. The van der Waals surface area contributed by atoms with Gasteiger partial charge in [-0.2, -0.15) is 0 Å². The second-order valence-electron chi connectivity index (χ2n) is 4.94. The van der Waals surface area contributed by atoms with Crippen LogP contribution >= 0.6 is 0 Å². The van der Waals surface area contributed by atoms with E-state index in [1.807, 2.05) is 7.05 Å². The molecule has 1 saturated heterocycles. The van der Waals surface area contributed by atoms with E-state index in [-0.39, 0.29) is 11.9 Å². The van der Waals surface area contributed by atoms with E-state index in [2.05, 4.69) is 41.2 Å². The van der Waals surface area contributed by atoms with Gasteiger partial charge in [0.1, 0.15) is 0 Å². The smallest absolute Gasteiger partial charge is 0.237 e. The number of carbonyl (C=O) groups excluding carboxylic acids is 1. The van der Waals surface area contributed by atoms with Gasteiger partial charge >= 0.3 is 0 Å². The van der Waals surface area contributed by atoms with E-state index >= 15 is 0 Å². The van der Waals surface area contributed by atoms with E-state index in [9.17, 15) is 4.79 Å². The molecule has 1 aromatic heterocycles. The molecule has 1 aromatic rings. The number of hydrogen-bond donors (Lipinski definition) is 2. The van der Waals surface area contributed by atoms with Crippen molar-refractivity contribution in [3.63, 3.8) is 0 Å². The molecule has 2 heterocycles. The summed E-state index contributed by atoms with van der Waals surface area (Å²) < 4.78 is 2.10. The van der Waals surface area contributed by atoms with Crippen LogP contribution in [-0.4, -0.2) is 23.1 Å². The highest BCUT2D eigenvalue weighted by Crippen LogP contribution is 2.14. The first kappa shape index (κ1) is 12.2. The molecule has 17 heavy (non-hydrogen) atoms. The molecule has 1 aliphatic rings. The summed E-state index contributed by atoms with van der Waals surface area (Å²) in [7, 11) is 2.02. The van der Waals surface area contributed by atoms with Gasteiger partial charge in [-0.25, -0.2) is 0 Å². The number of aryl methyl sites for hydroxylation is 1. The van der Waals surface area contributed by atoms with E-state index in [0.717, 1.165) is 18.7 Å². The van der Waals surface area contributed by atoms with E-state index in [1.165, 1.54) is 5.69 Å². The van der Waals surface area contributed by atoms with Crippen molar-refractivity contribution in [3.8, 4) is 0 Å². The van der Waals surface area contributed by atoms with Gasteiger partial charge in [0.05, 0.1) is 12.6 Å². The summed E-state index contributed by atoms with van der Waals surface area (Å²) in [6, 6.07) is 4.11. The van der Waals surface area contributed by atoms with Crippen molar-refractivity contribution in [3.05, 3.63) is 23.5 Å². The molecule has 4 heteroatoms. The van der Waals surface area contributed by atoms with E-state index in [4.69, 9.17) is 0 Å². The summed E-state index contributed by atoms with van der Waals surface area (Å²) in [4.78, 5) is 12.0. The Balaban J connectivity index is 1.90. The normalized spacial score (nSPS) is 23.9. The van der Waals surface area contributed by atoms with Crippen molar-refractivity contribution >= 4 is 5.91 Å². The van der Waals surface area contributed by atoms with E-state index < -0.39 is 0 Å². The van der Waals surface area contributed by atoms with Crippen LogP contribution in [0.4, 0.5) is 0 Å². The number of nitrogens with one attached hydrogen (secondary N) is 2. The number of aromatic nitrogens is 1. The number of rotatable bonds is 3. The van der Waals surface area contributed by atoms with E-state index in [1.54, 1.807) is 0 Å². The van der Waals surface area contributed by atoms with Gasteiger partial charge in [-0.3, -0.25) is 4.79 Å². The lowest BCUT2D eigenvalue weighted by molar-refractivity contribution is -0.123. The molecule has 0 aliphatic carbocycles. The van der Waals surface area contributed by atoms with Crippen molar-refractivity contribution in [1.29, 1.82) is 0 Å². The summed E-state index contributed by atoms with van der Waals surface area (Å²) in [6.07, 6.45) is 1.08. The fourth-order valence-electron chi connectivity index (χ4n) is 2.32. The van der Waals surface area contributed by atoms with Gasteiger partial charge in [0, 0.05) is 18.4 Å². The quantitative estimate of drug-likeness (QED) is 0.819. The molecule has 94 valence electrons. The van der Waals surface area contributed by atoms with Crippen molar-refractivity contribution in [2.75, 3.05) is 6.54 Å². The van der Waals surface area contributed by atoms with Crippen LogP contribution < -0.4 is 10.6 Å². The van der Waals surface area contributed by atoms with Crippen LogP contribution in [0.25, 0.3) is 0 Å². The van der Waals surface area contributed by atoms with Gasteiger partial charge in [0.25, 0.3) is 0 Å². The Hall–Kier alpha value is -1.29. The zero-order valence-electron chi connectivity index (χ0n) is 10.8. The minimum absolute atomic E-state index is 0.0173.